The minimum Gasteiger partial charge on any atom is -0.479 e. The lowest BCUT2D eigenvalue weighted by molar-refractivity contribution is -0.301. The summed E-state index contributed by atoms with van der Waals surface area (Å²) in [7, 11) is 0. The first-order chi connectivity index (χ1) is 41.6. The molecule has 0 saturated carbocycles. The van der Waals surface area contributed by atoms with Gasteiger partial charge in [0.15, 0.2) is 24.6 Å². The van der Waals surface area contributed by atoms with E-state index in [-0.39, 0.29) is 25.9 Å². The molecular formula is C73H126O12. The average molecular weight is 1200 g/mol. The molecule has 0 aliphatic carbocycles. The van der Waals surface area contributed by atoms with Gasteiger partial charge in [0, 0.05) is 19.3 Å². The molecule has 1 fully saturated rings. The quantitative estimate of drug-likeness (QED) is 0.0228. The Morgan fingerprint density at radius 2 is 0.741 bits per heavy atom. The predicted octanol–water partition coefficient (Wildman–Crippen LogP) is 19.2. The molecule has 0 amide bonds. The highest BCUT2D eigenvalue weighted by molar-refractivity contribution is 5.74. The fourth-order valence-corrected chi connectivity index (χ4v) is 10.5. The van der Waals surface area contributed by atoms with E-state index in [1.165, 1.54) is 128 Å². The minimum atomic E-state index is -1.91. The molecule has 490 valence electrons. The number of hydrogen-bond acceptors (Lipinski definition) is 11. The number of unbranched alkanes of at least 4 members (excludes halogenated alkanes) is 34. The van der Waals surface area contributed by atoms with Crippen LogP contribution in [-0.2, 0) is 42.9 Å². The van der Waals surface area contributed by atoms with E-state index in [0.717, 1.165) is 128 Å². The summed E-state index contributed by atoms with van der Waals surface area (Å²) in [6.07, 6.45) is 65.6. The van der Waals surface area contributed by atoms with E-state index >= 15 is 0 Å². The van der Waals surface area contributed by atoms with Crippen molar-refractivity contribution in [3.63, 3.8) is 0 Å². The lowest BCUT2D eigenvalue weighted by atomic mass is 9.98. The first-order valence-electron chi connectivity index (χ1n) is 34.9. The molecule has 1 rings (SSSR count). The van der Waals surface area contributed by atoms with Gasteiger partial charge in [-0.2, -0.15) is 0 Å². The number of hydrogen-bond donors (Lipinski definition) is 3. The van der Waals surface area contributed by atoms with Crippen molar-refractivity contribution in [3.05, 3.63) is 72.9 Å². The molecular weight excluding hydrogens is 1070 g/mol. The van der Waals surface area contributed by atoms with Gasteiger partial charge in [-0.1, -0.05) is 280 Å². The zero-order valence-corrected chi connectivity index (χ0v) is 54.3. The Morgan fingerprint density at radius 1 is 0.400 bits per heavy atom. The van der Waals surface area contributed by atoms with Crippen molar-refractivity contribution < 1.29 is 58.2 Å². The minimum absolute atomic E-state index is 0.0429. The number of esters is 3. The van der Waals surface area contributed by atoms with E-state index in [9.17, 15) is 34.5 Å². The van der Waals surface area contributed by atoms with Gasteiger partial charge in [-0.25, -0.2) is 4.79 Å². The van der Waals surface area contributed by atoms with Crippen LogP contribution in [0.3, 0.4) is 0 Å². The van der Waals surface area contributed by atoms with Gasteiger partial charge in [0.25, 0.3) is 0 Å². The molecule has 1 aliphatic rings. The molecule has 1 aliphatic heterocycles. The van der Waals surface area contributed by atoms with Crippen LogP contribution < -0.4 is 0 Å². The van der Waals surface area contributed by atoms with Crippen molar-refractivity contribution in [3.8, 4) is 0 Å². The number of aliphatic hydroxyl groups is 2. The Kier molecular flexibility index (Phi) is 56.3. The van der Waals surface area contributed by atoms with E-state index in [0.29, 0.717) is 19.3 Å². The Labute approximate surface area is 518 Å². The van der Waals surface area contributed by atoms with E-state index in [2.05, 4.69) is 93.7 Å². The molecule has 12 heteroatoms. The van der Waals surface area contributed by atoms with Gasteiger partial charge >= 0.3 is 23.9 Å². The molecule has 6 unspecified atom stereocenters. The second kappa shape index (κ2) is 60.4. The number of rotatable bonds is 60. The number of carbonyl (C=O) groups excluding carboxylic acids is 3. The maximum absolute atomic E-state index is 13.2. The average Bonchev–Trinajstić information content (AvgIpc) is 2.79. The summed E-state index contributed by atoms with van der Waals surface area (Å²) in [6, 6.07) is 0. The van der Waals surface area contributed by atoms with Gasteiger partial charge in [0.2, 0.25) is 0 Å². The smallest absolute Gasteiger partial charge is 0.335 e. The molecule has 1 heterocycles. The molecule has 1 saturated heterocycles. The Hall–Kier alpha value is -3.84. The molecule has 6 atom stereocenters. The monoisotopic (exact) mass is 1190 g/mol. The fourth-order valence-electron chi connectivity index (χ4n) is 10.5. The van der Waals surface area contributed by atoms with Gasteiger partial charge in [-0.15, -0.1) is 0 Å². The lowest BCUT2D eigenvalue weighted by Crippen LogP contribution is -2.61. The molecule has 12 nitrogen and oxygen atoms in total. The van der Waals surface area contributed by atoms with E-state index in [1.54, 1.807) is 0 Å². The molecule has 0 aromatic heterocycles. The van der Waals surface area contributed by atoms with E-state index in [4.69, 9.17) is 23.7 Å². The standard InChI is InChI=1S/C73H126O12/c1-4-7-10-13-16-19-22-25-28-31-33-36-38-41-44-47-50-53-56-59-65(74)81-62-64(83-66(75)60-57-54-51-48-45-42-39-35-30-27-24-21-18-15-12-9-6-3)63-82-73-71(69(78)68(77)70(85-73)72(79)80)84-67(76)61-58-55-52-49-46-43-40-37-34-32-29-26-23-20-17-14-11-8-5-2/h8,11,17-18,20-21,26-27,29-30,34,37,64,68-71,73,77-78H,4-7,9-10,12-16,19,22-25,28,31-33,35-36,38-63H2,1-3H3,(H,79,80)/b11-8-,20-17-,21-18-,29-26-,30-27-,37-34-. The summed E-state index contributed by atoms with van der Waals surface area (Å²) in [5.74, 6) is -3.12. The van der Waals surface area contributed by atoms with Crippen molar-refractivity contribution in [2.75, 3.05) is 13.2 Å². The SMILES string of the molecule is CC/C=C\C/C=C\C/C=C\C/C=C\CCCCCCCCC(=O)OC1C(OCC(COC(=O)CCCCCCCCCCCCCCCCCCCCC)OC(=O)CCCCCCCCC/C=C\C/C=C\CCCCC)OC(C(=O)O)C(O)C1O. The fraction of sp³-hybridized carbons (Fsp3) is 0.781. The molecule has 85 heavy (non-hydrogen) atoms. The summed E-state index contributed by atoms with van der Waals surface area (Å²) >= 11 is 0. The molecule has 0 spiro atoms. The highest BCUT2D eigenvalue weighted by Gasteiger charge is 2.50. The highest BCUT2D eigenvalue weighted by Crippen LogP contribution is 2.27. The number of carbonyl (C=O) groups is 4. The highest BCUT2D eigenvalue weighted by atomic mass is 16.7. The van der Waals surface area contributed by atoms with Crippen LogP contribution in [0.5, 0.6) is 0 Å². The predicted molar refractivity (Wildman–Crippen MR) is 349 cm³/mol. The maximum atomic E-state index is 13.2. The lowest BCUT2D eigenvalue weighted by Gasteiger charge is -2.40. The Balaban J connectivity index is 2.64. The molecule has 0 aromatic rings. The van der Waals surface area contributed by atoms with Crippen LogP contribution in [0.1, 0.15) is 316 Å². The summed E-state index contributed by atoms with van der Waals surface area (Å²) in [6.45, 7) is 5.90. The van der Waals surface area contributed by atoms with Crippen molar-refractivity contribution >= 4 is 23.9 Å². The van der Waals surface area contributed by atoms with Gasteiger partial charge in [0.1, 0.15) is 18.8 Å². The summed E-state index contributed by atoms with van der Waals surface area (Å²) in [5.41, 5.74) is 0. The maximum Gasteiger partial charge on any atom is 0.335 e. The number of ether oxygens (including phenoxy) is 5. The number of carboxylic acid groups (broad SMARTS) is 1. The van der Waals surface area contributed by atoms with Gasteiger partial charge in [-0.05, 0) is 89.9 Å². The number of aliphatic carboxylic acids is 1. The Morgan fingerprint density at radius 3 is 1.15 bits per heavy atom. The van der Waals surface area contributed by atoms with Crippen LogP contribution in [0, 0.1) is 0 Å². The van der Waals surface area contributed by atoms with Crippen LogP contribution in [-0.4, -0.2) is 89.2 Å². The van der Waals surface area contributed by atoms with Gasteiger partial charge in [-0.3, -0.25) is 14.4 Å². The normalized spacial score (nSPS) is 17.9. The molecule has 0 aromatic carbocycles. The first kappa shape index (κ1) is 79.2. The topological polar surface area (TPSA) is 175 Å². The summed E-state index contributed by atoms with van der Waals surface area (Å²) < 4.78 is 28.6. The number of allylic oxidation sites excluding steroid dienone is 12. The van der Waals surface area contributed by atoms with Gasteiger partial charge in [0.05, 0.1) is 6.61 Å². The van der Waals surface area contributed by atoms with Crippen molar-refractivity contribution in [2.45, 2.75) is 353 Å². The zero-order valence-electron chi connectivity index (χ0n) is 54.3. The molecule has 0 radical (unpaired) electrons. The van der Waals surface area contributed by atoms with Crippen molar-refractivity contribution in [1.29, 1.82) is 0 Å². The summed E-state index contributed by atoms with van der Waals surface area (Å²) in [5, 5.41) is 31.7. The van der Waals surface area contributed by atoms with Crippen molar-refractivity contribution in [2.24, 2.45) is 0 Å². The van der Waals surface area contributed by atoms with E-state index in [1.807, 2.05) is 0 Å². The molecule has 3 N–H and O–H groups in total. The number of carboxylic acids is 1. The third-order valence-electron chi connectivity index (χ3n) is 15.8. The van der Waals surface area contributed by atoms with Crippen molar-refractivity contribution in [1.82, 2.24) is 0 Å². The van der Waals surface area contributed by atoms with Crippen LogP contribution in [0.15, 0.2) is 72.9 Å². The number of aliphatic hydroxyl groups excluding tert-OH is 2. The van der Waals surface area contributed by atoms with Crippen LogP contribution in [0.25, 0.3) is 0 Å². The Bertz CT molecular complexity index is 1750. The van der Waals surface area contributed by atoms with Gasteiger partial charge < -0.3 is 39.0 Å². The van der Waals surface area contributed by atoms with Crippen LogP contribution in [0.2, 0.25) is 0 Å². The second-order valence-corrected chi connectivity index (χ2v) is 23.8. The third kappa shape index (κ3) is 49.8. The second-order valence-electron chi connectivity index (χ2n) is 23.8. The summed E-state index contributed by atoms with van der Waals surface area (Å²) in [4.78, 5) is 51.5. The third-order valence-corrected chi connectivity index (χ3v) is 15.8. The first-order valence-corrected chi connectivity index (χ1v) is 34.9. The molecule has 0 bridgehead atoms. The van der Waals surface area contributed by atoms with E-state index < -0.39 is 67.3 Å². The zero-order chi connectivity index (χ0) is 61.7. The van der Waals surface area contributed by atoms with Crippen LogP contribution >= 0.6 is 0 Å². The largest absolute Gasteiger partial charge is 0.479 e. The van der Waals surface area contributed by atoms with Crippen LogP contribution in [0.4, 0.5) is 0 Å².